The maximum Gasteiger partial charge on any atom is 0.323 e. The maximum absolute atomic E-state index is 11.4. The van der Waals surface area contributed by atoms with Crippen LogP contribution >= 0.6 is 0 Å². The van der Waals surface area contributed by atoms with Gasteiger partial charge in [0.15, 0.2) is 0 Å². The van der Waals surface area contributed by atoms with E-state index >= 15 is 0 Å². The van der Waals surface area contributed by atoms with Crippen molar-refractivity contribution in [3.8, 4) is 0 Å². The van der Waals surface area contributed by atoms with Crippen molar-refractivity contribution in [2.24, 2.45) is 0 Å². The van der Waals surface area contributed by atoms with Crippen LogP contribution in [0.3, 0.4) is 0 Å². The monoisotopic (exact) mass is 192 g/mol. The molecule has 2 N–H and O–H groups in total. The Bertz CT molecular complexity index is 538. The van der Waals surface area contributed by atoms with E-state index in [1.165, 1.54) is 10.8 Å². The molecule has 0 aliphatic carbocycles. The van der Waals surface area contributed by atoms with E-state index in [1.54, 1.807) is 18.3 Å². The Hall–Kier alpha value is -2.04. The number of aromatic amines is 1. The molecule has 0 spiro atoms. The number of nitrogens with one attached hydrogen (secondary N) is 1. The highest BCUT2D eigenvalue weighted by atomic mass is 16.4. The molecular formula is C9H8N2O3. The van der Waals surface area contributed by atoms with E-state index in [4.69, 9.17) is 5.11 Å². The number of hydrogen-bond acceptors (Lipinski definition) is 2. The lowest BCUT2D eigenvalue weighted by Gasteiger charge is -1.98. The topological polar surface area (TPSA) is 75.1 Å². The summed E-state index contributed by atoms with van der Waals surface area (Å²) < 4.78 is 1.41. The van der Waals surface area contributed by atoms with Gasteiger partial charge in [0.1, 0.15) is 12.1 Å². The van der Waals surface area contributed by atoms with Crippen LogP contribution in [0.2, 0.25) is 0 Å². The number of carboxylic acids is 1. The Balaban J connectivity index is 2.67. The third-order valence-electron chi connectivity index (χ3n) is 1.99. The molecule has 2 rings (SSSR count). The maximum atomic E-state index is 11.4. The number of nitrogens with zero attached hydrogens (tertiary/aromatic N) is 1. The zero-order valence-electron chi connectivity index (χ0n) is 7.23. The smallest absolute Gasteiger partial charge is 0.323 e. The van der Waals surface area contributed by atoms with Crippen LogP contribution in [0.1, 0.15) is 0 Å². The van der Waals surface area contributed by atoms with Crippen molar-refractivity contribution < 1.29 is 9.90 Å². The van der Waals surface area contributed by atoms with E-state index in [-0.39, 0.29) is 12.1 Å². The van der Waals surface area contributed by atoms with Crippen LogP contribution in [0.5, 0.6) is 0 Å². The predicted molar refractivity (Wildman–Crippen MR) is 50.2 cm³/mol. The third-order valence-corrected chi connectivity index (χ3v) is 1.99. The Morgan fingerprint density at radius 3 is 3.00 bits per heavy atom. The zero-order valence-corrected chi connectivity index (χ0v) is 7.23. The van der Waals surface area contributed by atoms with Crippen LogP contribution in [0, 0.1) is 0 Å². The summed E-state index contributed by atoms with van der Waals surface area (Å²) in [6.45, 7) is -0.198. The molecule has 0 bridgehead atoms. The molecule has 0 unspecified atom stereocenters. The summed E-state index contributed by atoms with van der Waals surface area (Å²) in [5, 5.41) is 9.35. The molecule has 0 amide bonds. The van der Waals surface area contributed by atoms with E-state index in [1.807, 2.05) is 0 Å². The summed E-state index contributed by atoms with van der Waals surface area (Å²) in [4.78, 5) is 24.4. The molecule has 72 valence electrons. The number of rotatable bonds is 2. The molecule has 2 heterocycles. The molecule has 0 saturated carbocycles. The van der Waals surface area contributed by atoms with Gasteiger partial charge in [-0.1, -0.05) is 0 Å². The third kappa shape index (κ3) is 1.28. The highest BCUT2D eigenvalue weighted by molar-refractivity contribution is 5.80. The molecule has 2 aromatic rings. The fourth-order valence-corrected chi connectivity index (χ4v) is 1.44. The molecular weight excluding hydrogens is 184 g/mol. The van der Waals surface area contributed by atoms with Crippen molar-refractivity contribution in [3.05, 3.63) is 34.9 Å². The first-order chi connectivity index (χ1) is 6.68. The Labute approximate surface area is 78.6 Å². The van der Waals surface area contributed by atoms with E-state index in [0.717, 1.165) is 5.39 Å². The molecule has 0 saturated heterocycles. The molecule has 0 aliphatic rings. The van der Waals surface area contributed by atoms with Crippen molar-refractivity contribution in [2.45, 2.75) is 6.54 Å². The van der Waals surface area contributed by atoms with E-state index < -0.39 is 5.97 Å². The van der Waals surface area contributed by atoms with E-state index in [0.29, 0.717) is 5.52 Å². The number of carboxylic acid groups (broad SMARTS) is 1. The number of fused-ring (bicyclic) bond motifs is 1. The quantitative estimate of drug-likeness (QED) is 0.723. The van der Waals surface area contributed by atoms with E-state index in [9.17, 15) is 9.59 Å². The fourth-order valence-electron chi connectivity index (χ4n) is 1.44. The molecule has 14 heavy (non-hydrogen) atoms. The average Bonchev–Trinajstić information content (AvgIpc) is 2.49. The highest BCUT2D eigenvalue weighted by Crippen LogP contribution is 2.09. The second-order valence-electron chi connectivity index (χ2n) is 2.95. The molecule has 0 radical (unpaired) electrons. The van der Waals surface area contributed by atoms with Gasteiger partial charge in [-0.25, -0.2) is 0 Å². The first-order valence-electron chi connectivity index (χ1n) is 4.07. The Morgan fingerprint density at radius 1 is 1.50 bits per heavy atom. The normalized spacial score (nSPS) is 10.6. The van der Waals surface area contributed by atoms with Gasteiger partial charge < -0.3 is 14.7 Å². The van der Waals surface area contributed by atoms with Gasteiger partial charge >= 0.3 is 5.97 Å². The lowest BCUT2D eigenvalue weighted by atomic mass is 10.3. The van der Waals surface area contributed by atoms with Crippen LogP contribution in [0.4, 0.5) is 0 Å². The van der Waals surface area contributed by atoms with Crippen LogP contribution in [-0.2, 0) is 11.3 Å². The van der Waals surface area contributed by atoms with Crippen molar-refractivity contribution in [3.63, 3.8) is 0 Å². The summed E-state index contributed by atoms with van der Waals surface area (Å²) >= 11 is 0. The predicted octanol–water partition coefficient (Wildman–Crippen LogP) is 0.414. The van der Waals surface area contributed by atoms with Gasteiger partial charge in [0.2, 0.25) is 0 Å². The number of H-pyrrole nitrogens is 1. The van der Waals surface area contributed by atoms with Crippen molar-refractivity contribution in [1.82, 2.24) is 9.55 Å². The second-order valence-corrected chi connectivity index (χ2v) is 2.95. The van der Waals surface area contributed by atoms with Crippen molar-refractivity contribution >= 4 is 16.9 Å². The highest BCUT2D eigenvalue weighted by Gasteiger charge is 2.06. The summed E-state index contributed by atoms with van der Waals surface area (Å²) in [7, 11) is 0. The number of carbonyl (C=O) groups is 1. The average molecular weight is 192 g/mol. The van der Waals surface area contributed by atoms with Gasteiger partial charge in [-0.2, -0.15) is 0 Å². The van der Waals surface area contributed by atoms with Crippen molar-refractivity contribution in [2.75, 3.05) is 0 Å². The van der Waals surface area contributed by atoms with Crippen LogP contribution < -0.4 is 5.56 Å². The largest absolute Gasteiger partial charge is 0.480 e. The van der Waals surface area contributed by atoms with Gasteiger partial charge in [0, 0.05) is 17.8 Å². The van der Waals surface area contributed by atoms with Crippen LogP contribution in [0.15, 0.2) is 29.3 Å². The fraction of sp³-hybridized carbons (Fsp3) is 0.111. The minimum absolute atomic E-state index is 0.198. The van der Waals surface area contributed by atoms with Gasteiger partial charge in [-0.05, 0) is 12.1 Å². The molecule has 0 atom stereocenters. The molecule has 5 heteroatoms. The lowest BCUT2D eigenvalue weighted by molar-refractivity contribution is -0.137. The minimum atomic E-state index is -0.967. The number of aliphatic carboxylic acids is 1. The van der Waals surface area contributed by atoms with Gasteiger partial charge in [0.05, 0.1) is 0 Å². The first-order valence-corrected chi connectivity index (χ1v) is 4.07. The zero-order chi connectivity index (χ0) is 10.1. The standard InChI is InChI=1S/C9H8N2O3/c12-7(13)5-11-4-2-6-1-3-10-9(14)8(6)11/h1-4H,5H2,(H,10,14)(H,12,13). The second kappa shape index (κ2) is 3.02. The summed E-state index contributed by atoms with van der Waals surface area (Å²) in [6, 6.07) is 3.45. The number of aromatic nitrogens is 2. The summed E-state index contributed by atoms with van der Waals surface area (Å²) in [6.07, 6.45) is 3.13. The lowest BCUT2D eigenvalue weighted by Crippen LogP contribution is -2.14. The molecule has 0 aromatic carbocycles. The van der Waals surface area contributed by atoms with Crippen LogP contribution in [0.25, 0.3) is 10.9 Å². The molecule has 2 aromatic heterocycles. The van der Waals surface area contributed by atoms with Gasteiger partial charge in [0.25, 0.3) is 5.56 Å². The van der Waals surface area contributed by atoms with Gasteiger partial charge in [-0.15, -0.1) is 0 Å². The summed E-state index contributed by atoms with van der Waals surface area (Å²) in [5.74, 6) is -0.967. The number of hydrogen-bond donors (Lipinski definition) is 2. The number of pyridine rings is 1. The SMILES string of the molecule is O=C(O)Cn1ccc2cc[nH]c(=O)c21. The molecule has 5 nitrogen and oxygen atoms in total. The van der Waals surface area contributed by atoms with E-state index in [2.05, 4.69) is 4.98 Å². The minimum Gasteiger partial charge on any atom is -0.480 e. The summed E-state index contributed by atoms with van der Waals surface area (Å²) in [5.41, 5.74) is 0.128. The Kier molecular flexibility index (Phi) is 1.85. The van der Waals surface area contributed by atoms with Crippen molar-refractivity contribution in [1.29, 1.82) is 0 Å². The Morgan fingerprint density at radius 2 is 2.29 bits per heavy atom. The molecule has 0 fully saturated rings. The van der Waals surface area contributed by atoms with Crippen LogP contribution in [-0.4, -0.2) is 20.6 Å². The molecule has 0 aliphatic heterocycles. The first kappa shape index (κ1) is 8.55. The van der Waals surface area contributed by atoms with Gasteiger partial charge in [-0.3, -0.25) is 9.59 Å².